The Balaban J connectivity index is 4.45. The number of amides is 1. The van der Waals surface area contributed by atoms with Gasteiger partial charge in [0, 0.05) is 20.2 Å². The van der Waals surface area contributed by atoms with Crippen LogP contribution in [0.4, 0.5) is 0 Å². The van der Waals surface area contributed by atoms with Crippen molar-refractivity contribution in [3.63, 3.8) is 0 Å². The van der Waals surface area contributed by atoms with Crippen molar-refractivity contribution in [3.8, 4) is 0 Å². The van der Waals surface area contributed by atoms with E-state index in [2.05, 4.69) is 18.7 Å². The minimum atomic E-state index is -0.485. The summed E-state index contributed by atoms with van der Waals surface area (Å²) >= 11 is 0. The molecule has 0 saturated heterocycles. The van der Waals surface area contributed by atoms with Crippen molar-refractivity contribution in [3.05, 3.63) is 0 Å². The average molecular weight is 540 g/mol. The third kappa shape index (κ3) is 23.3. The summed E-state index contributed by atoms with van der Waals surface area (Å²) in [7, 11) is 1.71. The van der Waals surface area contributed by atoms with E-state index in [4.69, 9.17) is 9.47 Å². The second-order valence-electron chi connectivity index (χ2n) is 12.9. The summed E-state index contributed by atoms with van der Waals surface area (Å²) in [6.45, 7) is 15.0. The maximum absolute atomic E-state index is 13.4. The van der Waals surface area contributed by atoms with Crippen molar-refractivity contribution >= 4 is 5.91 Å². The summed E-state index contributed by atoms with van der Waals surface area (Å²) in [4.78, 5) is 15.5. The standard InChI is InChI=1S/C34H69NO3/c1-8-10-12-14-16-18-20-22-24-26-28-35(29-27-25-23-21-19-17-15-13-11-9-2)32(36)30-33(3,4)38-31-34(5,6)37-7/h8-31H2,1-7H3. The highest BCUT2D eigenvalue weighted by Gasteiger charge is 2.29. The molecular weight excluding hydrogens is 470 g/mol. The van der Waals surface area contributed by atoms with Crippen molar-refractivity contribution in [2.45, 2.75) is 188 Å². The van der Waals surface area contributed by atoms with Crippen LogP contribution >= 0.6 is 0 Å². The van der Waals surface area contributed by atoms with Crippen LogP contribution in [0.3, 0.4) is 0 Å². The van der Waals surface area contributed by atoms with Gasteiger partial charge in [0.25, 0.3) is 0 Å². The van der Waals surface area contributed by atoms with Gasteiger partial charge >= 0.3 is 0 Å². The third-order valence-electron chi connectivity index (χ3n) is 7.86. The summed E-state index contributed by atoms with van der Waals surface area (Å²) in [5.74, 6) is 0.247. The molecular formula is C34H69NO3. The van der Waals surface area contributed by atoms with Gasteiger partial charge in [0.1, 0.15) is 0 Å². The lowest BCUT2D eigenvalue weighted by atomic mass is 10.0. The Bertz CT molecular complexity index is 508. The van der Waals surface area contributed by atoms with Gasteiger partial charge < -0.3 is 14.4 Å². The van der Waals surface area contributed by atoms with Crippen LogP contribution in [0, 0.1) is 0 Å². The molecule has 0 radical (unpaired) electrons. The zero-order chi connectivity index (χ0) is 28.5. The molecule has 228 valence electrons. The third-order valence-corrected chi connectivity index (χ3v) is 7.86. The average Bonchev–Trinajstić information content (AvgIpc) is 2.88. The van der Waals surface area contributed by atoms with Crippen LogP contribution in [0.2, 0.25) is 0 Å². The highest BCUT2D eigenvalue weighted by Crippen LogP contribution is 2.21. The molecule has 4 nitrogen and oxygen atoms in total. The molecule has 0 rings (SSSR count). The number of carbonyl (C=O) groups excluding carboxylic acids is 1. The Labute approximate surface area is 239 Å². The molecule has 0 aliphatic heterocycles. The molecule has 0 aliphatic carbocycles. The quantitative estimate of drug-likeness (QED) is 0.0928. The van der Waals surface area contributed by atoms with Crippen molar-refractivity contribution in [2.24, 2.45) is 0 Å². The predicted molar refractivity (Wildman–Crippen MR) is 166 cm³/mol. The minimum absolute atomic E-state index is 0.247. The number of hydrogen-bond donors (Lipinski definition) is 0. The molecule has 0 saturated carbocycles. The molecule has 38 heavy (non-hydrogen) atoms. The van der Waals surface area contributed by atoms with Crippen LogP contribution in [0.5, 0.6) is 0 Å². The van der Waals surface area contributed by atoms with E-state index in [0.717, 1.165) is 25.9 Å². The highest BCUT2D eigenvalue weighted by atomic mass is 16.5. The number of hydrogen-bond acceptors (Lipinski definition) is 3. The van der Waals surface area contributed by atoms with Gasteiger partial charge in [-0.3, -0.25) is 4.79 Å². The molecule has 0 heterocycles. The molecule has 0 aromatic heterocycles. The van der Waals surface area contributed by atoms with Crippen LogP contribution in [0.25, 0.3) is 0 Å². The Hall–Kier alpha value is -0.610. The number of nitrogens with zero attached hydrogens (tertiary/aromatic N) is 1. The van der Waals surface area contributed by atoms with Gasteiger partial charge in [-0.15, -0.1) is 0 Å². The van der Waals surface area contributed by atoms with Crippen molar-refractivity contribution in [2.75, 3.05) is 26.8 Å². The minimum Gasteiger partial charge on any atom is -0.376 e. The highest BCUT2D eigenvalue weighted by molar-refractivity contribution is 5.77. The molecule has 0 N–H and O–H groups in total. The predicted octanol–water partition coefficient (Wildman–Crippen LogP) is 10.3. The van der Waals surface area contributed by atoms with Crippen LogP contribution in [0.15, 0.2) is 0 Å². The van der Waals surface area contributed by atoms with Crippen molar-refractivity contribution in [1.29, 1.82) is 0 Å². The Morgan fingerprint density at radius 3 is 1.24 bits per heavy atom. The van der Waals surface area contributed by atoms with Gasteiger partial charge in [-0.1, -0.05) is 129 Å². The Morgan fingerprint density at radius 1 is 0.553 bits per heavy atom. The van der Waals surface area contributed by atoms with E-state index in [1.54, 1.807) is 7.11 Å². The molecule has 0 atom stereocenters. The summed E-state index contributed by atoms with van der Waals surface area (Å²) in [6, 6.07) is 0. The van der Waals surface area contributed by atoms with Crippen LogP contribution in [-0.2, 0) is 14.3 Å². The Morgan fingerprint density at radius 2 is 0.895 bits per heavy atom. The molecule has 0 spiro atoms. The van der Waals surface area contributed by atoms with Gasteiger partial charge in [-0.2, -0.15) is 0 Å². The smallest absolute Gasteiger partial charge is 0.225 e. The van der Waals surface area contributed by atoms with E-state index in [-0.39, 0.29) is 11.5 Å². The topological polar surface area (TPSA) is 38.8 Å². The second kappa shape index (κ2) is 24.2. The number of rotatable bonds is 28. The molecule has 0 unspecified atom stereocenters. The number of ether oxygens (including phenoxy) is 2. The zero-order valence-corrected chi connectivity index (χ0v) is 27.1. The molecule has 0 aromatic carbocycles. The van der Waals surface area contributed by atoms with Gasteiger partial charge in [0.2, 0.25) is 5.91 Å². The molecule has 0 fully saturated rings. The van der Waals surface area contributed by atoms with Crippen molar-refractivity contribution < 1.29 is 14.3 Å². The van der Waals surface area contributed by atoms with Crippen LogP contribution in [0.1, 0.15) is 176 Å². The monoisotopic (exact) mass is 540 g/mol. The fourth-order valence-corrected chi connectivity index (χ4v) is 4.90. The van der Waals surface area contributed by atoms with Gasteiger partial charge in [0.15, 0.2) is 0 Å². The summed E-state index contributed by atoms with van der Waals surface area (Å²) < 4.78 is 11.6. The summed E-state index contributed by atoms with van der Waals surface area (Å²) in [5, 5.41) is 0. The first-order chi connectivity index (χ1) is 18.2. The largest absolute Gasteiger partial charge is 0.376 e. The van der Waals surface area contributed by atoms with Gasteiger partial charge in [-0.25, -0.2) is 0 Å². The van der Waals surface area contributed by atoms with E-state index in [0.29, 0.717) is 13.0 Å². The Kier molecular flexibility index (Phi) is 23.8. The van der Waals surface area contributed by atoms with E-state index >= 15 is 0 Å². The maximum atomic E-state index is 13.4. The molecule has 1 amide bonds. The molecule has 0 bridgehead atoms. The lowest BCUT2D eigenvalue weighted by Crippen LogP contribution is -2.41. The number of methoxy groups -OCH3 is 1. The first-order valence-electron chi connectivity index (χ1n) is 16.6. The fourth-order valence-electron chi connectivity index (χ4n) is 4.90. The van der Waals surface area contributed by atoms with Crippen LogP contribution < -0.4 is 0 Å². The normalized spacial score (nSPS) is 12.3. The second-order valence-corrected chi connectivity index (χ2v) is 12.9. The van der Waals surface area contributed by atoms with Crippen LogP contribution in [-0.4, -0.2) is 48.8 Å². The van der Waals surface area contributed by atoms with Crippen molar-refractivity contribution in [1.82, 2.24) is 4.90 Å². The summed E-state index contributed by atoms with van der Waals surface area (Å²) in [6.07, 6.45) is 26.9. The maximum Gasteiger partial charge on any atom is 0.225 e. The van der Waals surface area contributed by atoms with E-state index < -0.39 is 5.60 Å². The lowest BCUT2D eigenvalue weighted by Gasteiger charge is -2.33. The summed E-state index contributed by atoms with van der Waals surface area (Å²) in [5.41, 5.74) is -0.827. The van der Waals surface area contributed by atoms with E-state index in [9.17, 15) is 4.79 Å². The van der Waals surface area contributed by atoms with E-state index in [1.165, 1.54) is 116 Å². The molecule has 4 heteroatoms. The SMILES string of the molecule is CCCCCCCCCCCCN(CCCCCCCCCCCC)C(=O)CC(C)(C)OCC(C)(C)OC. The van der Waals surface area contributed by atoms with E-state index in [1.807, 2.05) is 27.7 Å². The fraction of sp³-hybridized carbons (Fsp3) is 0.971. The lowest BCUT2D eigenvalue weighted by molar-refractivity contribution is -0.144. The molecule has 0 aliphatic rings. The number of unbranched alkanes of at least 4 members (excludes halogenated alkanes) is 18. The first kappa shape index (κ1) is 37.4. The zero-order valence-electron chi connectivity index (χ0n) is 27.1. The van der Waals surface area contributed by atoms with Gasteiger partial charge in [-0.05, 0) is 40.5 Å². The number of carbonyl (C=O) groups is 1. The van der Waals surface area contributed by atoms with Gasteiger partial charge in [0.05, 0.1) is 24.2 Å². The first-order valence-corrected chi connectivity index (χ1v) is 16.6. The molecule has 0 aromatic rings.